The highest BCUT2D eigenvalue weighted by Crippen LogP contribution is 2.39. The first-order valence-corrected chi connectivity index (χ1v) is 14.3. The van der Waals surface area contributed by atoms with Gasteiger partial charge in [0.15, 0.2) is 12.4 Å². The van der Waals surface area contributed by atoms with Crippen LogP contribution < -0.4 is 15.4 Å². The molecule has 1 atom stereocenters. The Morgan fingerprint density at radius 3 is 2.74 bits per heavy atom. The molecule has 3 N–H and O–H groups in total. The van der Waals surface area contributed by atoms with Crippen LogP contribution in [0.3, 0.4) is 0 Å². The van der Waals surface area contributed by atoms with Crippen molar-refractivity contribution in [3.05, 3.63) is 52.8 Å². The minimum atomic E-state index is -0.270. The van der Waals surface area contributed by atoms with Crippen LogP contribution in [0.5, 0.6) is 11.5 Å². The number of benzene rings is 2. The van der Waals surface area contributed by atoms with E-state index in [1.807, 2.05) is 17.9 Å². The maximum atomic E-state index is 13.5. The topological polar surface area (TPSA) is 90.9 Å². The van der Waals surface area contributed by atoms with Gasteiger partial charge in [0.05, 0.1) is 0 Å². The normalized spacial score (nSPS) is 13.4. The Bertz CT molecular complexity index is 1110. The van der Waals surface area contributed by atoms with Crippen LogP contribution in [-0.2, 0) is 22.4 Å². The predicted octanol–water partition coefficient (Wildman–Crippen LogP) is 5.51. The summed E-state index contributed by atoms with van der Waals surface area (Å²) in [5.41, 5.74) is 3.39. The van der Waals surface area contributed by atoms with Gasteiger partial charge in [-0.15, -0.1) is 0 Å². The molecule has 1 aliphatic rings. The van der Waals surface area contributed by atoms with Crippen LogP contribution in [0.2, 0.25) is 0 Å². The summed E-state index contributed by atoms with van der Waals surface area (Å²) in [4.78, 5) is 26.8. The van der Waals surface area contributed by atoms with Gasteiger partial charge in [-0.05, 0) is 87.4 Å². The highest BCUT2D eigenvalue weighted by molar-refractivity contribution is 5.97. The quantitative estimate of drug-likeness (QED) is 0.193. The fraction of sp³-hybridized carbons (Fsp3) is 0.548. The molecule has 0 spiro atoms. The van der Waals surface area contributed by atoms with Crippen LogP contribution in [0.15, 0.2) is 30.3 Å². The molecule has 2 aromatic carbocycles. The zero-order chi connectivity index (χ0) is 28.2. The van der Waals surface area contributed by atoms with Crippen molar-refractivity contribution in [2.75, 3.05) is 31.6 Å². The molecular weight excluding hydrogens is 497 g/mol. The number of hydrogen-bond acceptors (Lipinski definition) is 5. The van der Waals surface area contributed by atoms with Crippen LogP contribution in [0.1, 0.15) is 75.5 Å². The lowest BCUT2D eigenvalue weighted by atomic mass is 10.0. The van der Waals surface area contributed by atoms with E-state index in [4.69, 9.17) is 4.74 Å². The molecule has 7 nitrogen and oxygen atoms in total. The minimum absolute atomic E-state index is 0.00980. The summed E-state index contributed by atoms with van der Waals surface area (Å²) in [6.45, 7) is 8.29. The molecular formula is C31H44FN3O4. The zero-order valence-corrected chi connectivity index (χ0v) is 23.7. The molecule has 0 aromatic heterocycles. The minimum Gasteiger partial charge on any atom is -0.506 e. The average molecular weight is 542 g/mol. The van der Waals surface area contributed by atoms with Crippen molar-refractivity contribution in [3.63, 3.8) is 0 Å². The molecule has 0 fully saturated rings. The second kappa shape index (κ2) is 15.5. The third-order valence-corrected chi connectivity index (χ3v) is 7.40. The monoisotopic (exact) mass is 541 g/mol. The Morgan fingerprint density at radius 2 is 1.95 bits per heavy atom. The van der Waals surface area contributed by atoms with Gasteiger partial charge < -0.3 is 25.4 Å². The number of aromatic hydroxyl groups is 1. The molecule has 0 aliphatic carbocycles. The van der Waals surface area contributed by atoms with Gasteiger partial charge in [-0.3, -0.25) is 9.59 Å². The molecule has 1 heterocycles. The number of unbranched alkanes of at least 4 members (excludes halogenated alkanes) is 3. The van der Waals surface area contributed by atoms with E-state index in [2.05, 4.69) is 24.5 Å². The number of carbonyl (C=O) groups is 2. The van der Waals surface area contributed by atoms with E-state index in [-0.39, 0.29) is 36.0 Å². The second-order valence-electron chi connectivity index (χ2n) is 10.5. The lowest BCUT2D eigenvalue weighted by molar-refractivity contribution is -0.133. The lowest BCUT2D eigenvalue weighted by Gasteiger charge is -2.30. The Hall–Kier alpha value is -3.13. The molecule has 8 heteroatoms. The number of nitrogens with zero attached hydrogens (tertiary/aromatic N) is 1. The molecule has 2 amide bonds. The van der Waals surface area contributed by atoms with Gasteiger partial charge in [0.2, 0.25) is 5.91 Å². The second-order valence-corrected chi connectivity index (χ2v) is 10.5. The summed E-state index contributed by atoms with van der Waals surface area (Å²) in [5, 5.41) is 16.1. The molecule has 0 bridgehead atoms. The molecule has 214 valence electrons. The van der Waals surface area contributed by atoms with E-state index in [1.165, 1.54) is 6.07 Å². The van der Waals surface area contributed by atoms with Gasteiger partial charge in [-0.1, -0.05) is 38.3 Å². The first-order chi connectivity index (χ1) is 18.8. The van der Waals surface area contributed by atoms with Crippen LogP contribution in [0.4, 0.5) is 10.1 Å². The predicted molar refractivity (Wildman–Crippen MR) is 153 cm³/mol. The smallest absolute Gasteiger partial charge is 0.262 e. The number of ether oxygens (including phenoxy) is 1. The number of halogens is 1. The Kier molecular flexibility index (Phi) is 12.1. The molecule has 1 aliphatic heterocycles. The summed E-state index contributed by atoms with van der Waals surface area (Å²) in [6, 6.07) is 8.50. The van der Waals surface area contributed by atoms with E-state index in [1.54, 1.807) is 18.2 Å². The van der Waals surface area contributed by atoms with Crippen molar-refractivity contribution in [2.45, 2.75) is 84.6 Å². The van der Waals surface area contributed by atoms with E-state index in [0.717, 1.165) is 74.6 Å². The van der Waals surface area contributed by atoms with Crippen LogP contribution >= 0.6 is 0 Å². The molecule has 0 radical (unpaired) electrons. The highest BCUT2D eigenvalue weighted by Gasteiger charge is 2.23. The number of carbonyl (C=O) groups excluding carboxylic acids is 2. The van der Waals surface area contributed by atoms with Crippen molar-refractivity contribution in [1.29, 1.82) is 0 Å². The van der Waals surface area contributed by atoms with E-state index in [9.17, 15) is 19.1 Å². The first-order valence-electron chi connectivity index (χ1n) is 14.3. The largest absolute Gasteiger partial charge is 0.506 e. The van der Waals surface area contributed by atoms with Crippen molar-refractivity contribution in [1.82, 2.24) is 10.2 Å². The Labute approximate surface area is 232 Å². The SMILES string of the molecule is CCCC[C@@H](C)N(CCCCCc1ccc(O)c2c1OCC(=O)N2)C(=O)CCNCCc1cc(F)ccc1C. The standard InChI is InChI=1S/C31H44FN3O4/c1-4-5-9-23(3)35(29(38)16-18-33-17-15-25-20-26(32)13-11-22(25)2)19-8-6-7-10-24-12-14-27(36)30-31(24)39-21-28(37)34-30/h11-14,20,23,33,36H,4-10,15-19,21H2,1-3H3,(H,34,37)/t23-/m1/s1. The highest BCUT2D eigenvalue weighted by atomic mass is 19.1. The fourth-order valence-corrected chi connectivity index (χ4v) is 5.03. The number of fused-ring (bicyclic) bond motifs is 1. The summed E-state index contributed by atoms with van der Waals surface area (Å²) >= 11 is 0. The number of nitrogens with one attached hydrogen (secondary N) is 2. The number of phenolic OH excluding ortho intramolecular Hbond substituents is 1. The van der Waals surface area contributed by atoms with Crippen molar-refractivity contribution < 1.29 is 23.8 Å². The number of phenols is 1. The van der Waals surface area contributed by atoms with Crippen LogP contribution in [0, 0.1) is 12.7 Å². The molecule has 0 saturated carbocycles. The van der Waals surface area contributed by atoms with Crippen molar-refractivity contribution >= 4 is 17.5 Å². The maximum absolute atomic E-state index is 13.5. The molecule has 3 rings (SSSR count). The summed E-state index contributed by atoms with van der Waals surface area (Å²) in [5.74, 6) is 0.251. The van der Waals surface area contributed by atoms with Gasteiger partial charge in [-0.2, -0.15) is 0 Å². The third kappa shape index (κ3) is 9.24. The molecule has 0 saturated heterocycles. The Morgan fingerprint density at radius 1 is 1.13 bits per heavy atom. The fourth-order valence-electron chi connectivity index (χ4n) is 5.03. The molecule has 2 aromatic rings. The van der Waals surface area contributed by atoms with Crippen LogP contribution in [-0.4, -0.2) is 54.1 Å². The van der Waals surface area contributed by atoms with Gasteiger partial charge in [0.1, 0.15) is 17.3 Å². The van der Waals surface area contributed by atoms with Gasteiger partial charge in [0.25, 0.3) is 5.91 Å². The number of rotatable bonds is 16. The van der Waals surface area contributed by atoms with Gasteiger partial charge in [0, 0.05) is 25.6 Å². The summed E-state index contributed by atoms with van der Waals surface area (Å²) in [7, 11) is 0. The summed E-state index contributed by atoms with van der Waals surface area (Å²) in [6.07, 6.45) is 7.93. The van der Waals surface area contributed by atoms with Gasteiger partial charge in [-0.25, -0.2) is 4.39 Å². The third-order valence-electron chi connectivity index (χ3n) is 7.40. The number of amides is 2. The average Bonchev–Trinajstić information content (AvgIpc) is 2.92. The number of hydrogen-bond donors (Lipinski definition) is 3. The molecule has 39 heavy (non-hydrogen) atoms. The number of anilines is 1. The number of aryl methyl sites for hydroxylation is 2. The maximum Gasteiger partial charge on any atom is 0.262 e. The first kappa shape index (κ1) is 30.4. The van der Waals surface area contributed by atoms with E-state index >= 15 is 0 Å². The van der Waals surface area contributed by atoms with Crippen LogP contribution in [0.25, 0.3) is 0 Å². The lowest BCUT2D eigenvalue weighted by Crippen LogP contribution is -2.40. The van der Waals surface area contributed by atoms with E-state index < -0.39 is 0 Å². The van der Waals surface area contributed by atoms with Gasteiger partial charge >= 0.3 is 0 Å². The molecule has 0 unspecified atom stereocenters. The van der Waals surface area contributed by atoms with Crippen molar-refractivity contribution in [3.8, 4) is 11.5 Å². The van der Waals surface area contributed by atoms with Crippen molar-refractivity contribution in [2.24, 2.45) is 0 Å². The zero-order valence-electron chi connectivity index (χ0n) is 23.7. The Balaban J connectivity index is 1.44. The van der Waals surface area contributed by atoms with E-state index in [0.29, 0.717) is 30.9 Å². The summed E-state index contributed by atoms with van der Waals surface area (Å²) < 4.78 is 19.1.